The summed E-state index contributed by atoms with van der Waals surface area (Å²) in [4.78, 5) is 24.2. The fraction of sp³-hybridized carbons (Fsp3) is 0.429. The van der Waals surface area contributed by atoms with Crippen LogP contribution in [0.3, 0.4) is 0 Å². The largest absolute Gasteiger partial charge is 0.345 e. The normalized spacial score (nSPS) is 15.2. The quantitative estimate of drug-likeness (QED) is 0.629. The molecular weight excluding hydrogens is 376 g/mol. The Morgan fingerprint density at radius 3 is 2.32 bits per heavy atom. The van der Waals surface area contributed by atoms with Crippen LogP contribution in [-0.2, 0) is 19.6 Å². The summed E-state index contributed by atoms with van der Waals surface area (Å²) in [5.74, 6) is -0.832. The fourth-order valence-corrected chi connectivity index (χ4v) is 4.47. The molecule has 0 aliphatic heterocycles. The highest BCUT2D eigenvalue weighted by molar-refractivity contribution is 7.89. The third-order valence-corrected chi connectivity index (χ3v) is 6.49. The van der Waals surface area contributed by atoms with E-state index in [4.69, 9.17) is 0 Å². The molecule has 0 heterocycles. The molecular formula is C21H28N2O4S. The standard InChI is InChI=1S/C21H28N2O4S/c1-5-15(4)20(21(25)22-18(13-24)14(2)3)23-28(26,27)19-12-8-10-16-9-6-7-11-17(16)19/h6-15,18,20,23H,5H2,1-4H3,(H,22,25)/t15?,18-,20+/m1/s1. The number of carbonyl (C=O) groups excluding carboxylic acids is 2. The SMILES string of the molecule is CCC(C)[C@H](NS(=O)(=O)c1cccc2ccccc12)C(=O)N[C@H](C=O)C(C)C. The van der Waals surface area contributed by atoms with Crippen molar-refractivity contribution in [2.24, 2.45) is 11.8 Å². The van der Waals surface area contributed by atoms with Gasteiger partial charge in [-0.25, -0.2) is 8.42 Å². The number of fused-ring (bicyclic) bond motifs is 1. The molecule has 2 N–H and O–H groups in total. The van der Waals surface area contributed by atoms with Crippen molar-refractivity contribution in [3.8, 4) is 0 Å². The van der Waals surface area contributed by atoms with Crippen molar-refractivity contribution in [2.45, 2.75) is 51.1 Å². The van der Waals surface area contributed by atoms with Crippen molar-refractivity contribution < 1.29 is 18.0 Å². The van der Waals surface area contributed by atoms with Gasteiger partial charge >= 0.3 is 0 Å². The van der Waals surface area contributed by atoms with Gasteiger partial charge in [0.1, 0.15) is 12.3 Å². The van der Waals surface area contributed by atoms with Crippen LogP contribution in [0.1, 0.15) is 34.1 Å². The molecule has 0 aliphatic carbocycles. The second-order valence-corrected chi connectivity index (χ2v) is 9.06. The number of benzene rings is 2. The Labute approximate surface area is 166 Å². The van der Waals surface area contributed by atoms with Gasteiger partial charge in [-0.2, -0.15) is 4.72 Å². The summed E-state index contributed by atoms with van der Waals surface area (Å²) in [5.41, 5.74) is 0. The predicted octanol–water partition coefficient (Wildman–Crippen LogP) is 2.87. The topological polar surface area (TPSA) is 92.3 Å². The van der Waals surface area contributed by atoms with Crippen molar-refractivity contribution in [2.75, 3.05) is 0 Å². The molecule has 2 rings (SSSR count). The van der Waals surface area contributed by atoms with E-state index in [1.807, 2.05) is 39.0 Å². The first-order valence-electron chi connectivity index (χ1n) is 9.47. The molecule has 1 amide bonds. The van der Waals surface area contributed by atoms with Crippen LogP contribution in [0.25, 0.3) is 10.8 Å². The molecule has 0 fully saturated rings. The lowest BCUT2D eigenvalue weighted by Gasteiger charge is -2.26. The summed E-state index contributed by atoms with van der Waals surface area (Å²) in [7, 11) is -3.95. The first-order chi connectivity index (χ1) is 13.2. The second kappa shape index (κ2) is 9.30. The molecule has 0 radical (unpaired) electrons. The van der Waals surface area contributed by atoms with E-state index in [2.05, 4.69) is 10.0 Å². The van der Waals surface area contributed by atoms with Crippen LogP contribution in [0.5, 0.6) is 0 Å². The van der Waals surface area contributed by atoms with E-state index in [-0.39, 0.29) is 16.7 Å². The van der Waals surface area contributed by atoms with E-state index in [0.717, 1.165) is 5.39 Å². The summed E-state index contributed by atoms with van der Waals surface area (Å²) >= 11 is 0. The molecule has 7 heteroatoms. The number of hydrogen-bond acceptors (Lipinski definition) is 4. The Morgan fingerprint density at radius 2 is 1.71 bits per heavy atom. The zero-order valence-electron chi connectivity index (χ0n) is 16.7. The number of aldehydes is 1. The summed E-state index contributed by atoms with van der Waals surface area (Å²) in [6.45, 7) is 7.33. The third-order valence-electron chi connectivity index (χ3n) is 4.99. The van der Waals surface area contributed by atoms with Crippen LogP contribution in [0.4, 0.5) is 0 Å². The Morgan fingerprint density at radius 1 is 1.07 bits per heavy atom. The Kier molecular flexibility index (Phi) is 7.32. The fourth-order valence-electron chi connectivity index (χ4n) is 2.94. The minimum Gasteiger partial charge on any atom is -0.345 e. The van der Waals surface area contributed by atoms with E-state index in [1.165, 1.54) is 6.07 Å². The number of rotatable bonds is 9. The van der Waals surface area contributed by atoms with Gasteiger partial charge in [0, 0.05) is 5.39 Å². The highest BCUT2D eigenvalue weighted by Gasteiger charge is 2.31. The van der Waals surface area contributed by atoms with Gasteiger partial charge in [0.2, 0.25) is 15.9 Å². The number of sulfonamides is 1. The molecule has 2 aromatic rings. The Hall–Kier alpha value is -2.25. The molecule has 1 unspecified atom stereocenters. The van der Waals surface area contributed by atoms with E-state index in [0.29, 0.717) is 18.1 Å². The molecule has 6 nitrogen and oxygen atoms in total. The second-order valence-electron chi connectivity index (χ2n) is 7.38. The lowest BCUT2D eigenvalue weighted by Crippen LogP contribution is -2.53. The van der Waals surface area contributed by atoms with Gasteiger partial charge in [-0.1, -0.05) is 70.5 Å². The lowest BCUT2D eigenvalue weighted by atomic mass is 9.98. The molecule has 0 saturated heterocycles. The minimum atomic E-state index is -3.95. The summed E-state index contributed by atoms with van der Waals surface area (Å²) in [6, 6.07) is 10.6. The maximum atomic E-state index is 13.1. The zero-order valence-corrected chi connectivity index (χ0v) is 17.5. The highest BCUT2D eigenvalue weighted by Crippen LogP contribution is 2.23. The Bertz CT molecular complexity index is 935. The number of hydrogen-bond donors (Lipinski definition) is 2. The third kappa shape index (κ3) is 4.97. The van der Waals surface area contributed by atoms with E-state index >= 15 is 0 Å². The number of amides is 1. The lowest BCUT2D eigenvalue weighted by molar-refractivity contribution is -0.127. The molecule has 28 heavy (non-hydrogen) atoms. The first-order valence-corrected chi connectivity index (χ1v) is 10.9. The van der Waals surface area contributed by atoms with Crippen molar-refractivity contribution in [1.82, 2.24) is 10.0 Å². The van der Waals surface area contributed by atoms with Gasteiger partial charge < -0.3 is 10.1 Å². The smallest absolute Gasteiger partial charge is 0.241 e. The van der Waals surface area contributed by atoms with Gasteiger partial charge in [0.25, 0.3) is 0 Å². The van der Waals surface area contributed by atoms with Crippen molar-refractivity contribution >= 4 is 33.0 Å². The van der Waals surface area contributed by atoms with Crippen LogP contribution >= 0.6 is 0 Å². The first kappa shape index (κ1) is 22.0. The van der Waals surface area contributed by atoms with E-state index < -0.39 is 28.0 Å². The van der Waals surface area contributed by atoms with E-state index in [9.17, 15) is 18.0 Å². The van der Waals surface area contributed by atoms with Crippen molar-refractivity contribution in [3.05, 3.63) is 42.5 Å². The summed E-state index contributed by atoms with van der Waals surface area (Å²) < 4.78 is 28.8. The summed E-state index contributed by atoms with van der Waals surface area (Å²) in [5, 5.41) is 4.05. The minimum absolute atomic E-state index is 0.0892. The van der Waals surface area contributed by atoms with Crippen LogP contribution in [-0.4, -0.2) is 32.7 Å². The molecule has 0 aromatic heterocycles. The number of nitrogens with one attached hydrogen (secondary N) is 2. The average Bonchev–Trinajstić information content (AvgIpc) is 2.68. The van der Waals surface area contributed by atoms with Crippen LogP contribution in [0.15, 0.2) is 47.4 Å². The molecule has 2 aromatic carbocycles. The van der Waals surface area contributed by atoms with Gasteiger partial charge in [-0.05, 0) is 23.3 Å². The van der Waals surface area contributed by atoms with Crippen LogP contribution in [0.2, 0.25) is 0 Å². The molecule has 0 saturated carbocycles. The molecule has 152 valence electrons. The van der Waals surface area contributed by atoms with Crippen molar-refractivity contribution in [1.29, 1.82) is 0 Å². The molecule has 3 atom stereocenters. The average molecular weight is 405 g/mol. The van der Waals surface area contributed by atoms with Crippen molar-refractivity contribution in [3.63, 3.8) is 0 Å². The number of carbonyl (C=O) groups is 2. The van der Waals surface area contributed by atoms with Gasteiger partial charge in [-0.3, -0.25) is 4.79 Å². The molecule has 0 aliphatic rings. The predicted molar refractivity (Wildman–Crippen MR) is 110 cm³/mol. The van der Waals surface area contributed by atoms with Gasteiger partial charge in [-0.15, -0.1) is 0 Å². The van der Waals surface area contributed by atoms with Crippen LogP contribution in [0, 0.1) is 11.8 Å². The maximum absolute atomic E-state index is 13.1. The van der Waals surface area contributed by atoms with E-state index in [1.54, 1.807) is 25.1 Å². The van der Waals surface area contributed by atoms with Gasteiger partial charge in [0.15, 0.2) is 0 Å². The monoisotopic (exact) mass is 404 g/mol. The zero-order chi connectivity index (χ0) is 20.9. The highest BCUT2D eigenvalue weighted by atomic mass is 32.2. The molecule has 0 spiro atoms. The molecule has 0 bridgehead atoms. The summed E-state index contributed by atoms with van der Waals surface area (Å²) in [6.07, 6.45) is 1.28. The maximum Gasteiger partial charge on any atom is 0.241 e. The van der Waals surface area contributed by atoms with Crippen LogP contribution < -0.4 is 10.0 Å². The van der Waals surface area contributed by atoms with Gasteiger partial charge in [0.05, 0.1) is 10.9 Å². The Balaban J connectivity index is 2.37.